The normalized spacial score (nSPS) is 9.70. The van der Waals surface area contributed by atoms with Gasteiger partial charge in [-0.05, 0) is 36.2 Å². The molecule has 2 rings (SSSR count). The minimum absolute atomic E-state index is 0.0209. The van der Waals surface area contributed by atoms with Crippen LogP contribution in [0.15, 0.2) is 24.4 Å². The second-order valence-corrected chi connectivity index (χ2v) is 4.85. The number of anilines is 1. The first kappa shape index (κ1) is 14.2. The maximum absolute atomic E-state index is 12.0. The van der Waals surface area contributed by atoms with Crippen LogP contribution in [0.3, 0.4) is 0 Å². The molecule has 5 nitrogen and oxygen atoms in total. The average Bonchev–Trinajstić information content (AvgIpc) is 2.96. The van der Waals surface area contributed by atoms with E-state index in [4.69, 9.17) is 5.11 Å². The molecule has 0 bridgehead atoms. The summed E-state index contributed by atoms with van der Waals surface area (Å²) in [5, 5.41) is 15.2. The summed E-state index contributed by atoms with van der Waals surface area (Å²) in [7, 11) is 0. The molecule has 2 aromatic rings. The van der Waals surface area contributed by atoms with Gasteiger partial charge in [-0.15, -0.1) is 5.10 Å². The van der Waals surface area contributed by atoms with Crippen LogP contribution in [0.2, 0.25) is 0 Å². The summed E-state index contributed by atoms with van der Waals surface area (Å²) in [4.78, 5) is 12.4. The van der Waals surface area contributed by atoms with Gasteiger partial charge in [0.15, 0.2) is 0 Å². The van der Waals surface area contributed by atoms with E-state index in [0.29, 0.717) is 17.0 Å². The molecule has 0 fully saturated rings. The zero-order valence-corrected chi connectivity index (χ0v) is 11.7. The molecule has 6 heteroatoms. The van der Waals surface area contributed by atoms with Crippen LogP contribution in [0, 0.1) is 18.8 Å². The first-order valence-electron chi connectivity index (χ1n) is 6.00. The SMILES string of the molecule is Cc1ccc(NC(=O)c2cnns2)c(C#CCCO)c1. The molecule has 2 N–H and O–H groups in total. The highest BCUT2D eigenvalue weighted by Crippen LogP contribution is 2.18. The van der Waals surface area contributed by atoms with Gasteiger partial charge in [-0.3, -0.25) is 4.79 Å². The van der Waals surface area contributed by atoms with Gasteiger partial charge in [0.1, 0.15) is 4.88 Å². The average molecular weight is 287 g/mol. The molecular weight excluding hydrogens is 274 g/mol. The van der Waals surface area contributed by atoms with Crippen molar-refractivity contribution in [3.05, 3.63) is 40.4 Å². The van der Waals surface area contributed by atoms with Gasteiger partial charge in [0.2, 0.25) is 0 Å². The van der Waals surface area contributed by atoms with E-state index in [1.165, 1.54) is 6.20 Å². The fourth-order valence-corrected chi connectivity index (χ4v) is 1.95. The van der Waals surface area contributed by atoms with Crippen molar-refractivity contribution >= 4 is 23.1 Å². The van der Waals surface area contributed by atoms with Crippen LogP contribution in [-0.4, -0.2) is 27.2 Å². The number of rotatable bonds is 3. The van der Waals surface area contributed by atoms with Crippen LogP contribution in [0.5, 0.6) is 0 Å². The van der Waals surface area contributed by atoms with E-state index in [1.807, 2.05) is 25.1 Å². The van der Waals surface area contributed by atoms with E-state index in [-0.39, 0.29) is 12.5 Å². The molecule has 20 heavy (non-hydrogen) atoms. The maximum Gasteiger partial charge on any atom is 0.269 e. The van der Waals surface area contributed by atoms with Crippen molar-refractivity contribution in [2.45, 2.75) is 13.3 Å². The molecule has 0 aliphatic rings. The number of aryl methyl sites for hydroxylation is 1. The second kappa shape index (κ2) is 6.80. The van der Waals surface area contributed by atoms with Gasteiger partial charge in [0.25, 0.3) is 5.91 Å². The van der Waals surface area contributed by atoms with Gasteiger partial charge in [-0.1, -0.05) is 22.4 Å². The lowest BCUT2D eigenvalue weighted by Crippen LogP contribution is -2.11. The van der Waals surface area contributed by atoms with Crippen molar-refractivity contribution in [2.75, 3.05) is 11.9 Å². The maximum atomic E-state index is 12.0. The summed E-state index contributed by atoms with van der Waals surface area (Å²) in [6.07, 6.45) is 1.82. The number of aliphatic hydroxyl groups is 1. The highest BCUT2D eigenvalue weighted by atomic mass is 32.1. The Hall–Kier alpha value is -2.23. The van der Waals surface area contributed by atoms with Gasteiger partial charge in [-0.25, -0.2) is 0 Å². The lowest BCUT2D eigenvalue weighted by Gasteiger charge is -2.07. The number of amides is 1. The van der Waals surface area contributed by atoms with E-state index < -0.39 is 0 Å². The quantitative estimate of drug-likeness (QED) is 0.845. The Morgan fingerprint density at radius 3 is 3.05 bits per heavy atom. The van der Waals surface area contributed by atoms with E-state index in [1.54, 1.807) is 0 Å². The first-order valence-corrected chi connectivity index (χ1v) is 6.77. The van der Waals surface area contributed by atoms with Crippen molar-refractivity contribution in [2.24, 2.45) is 0 Å². The molecule has 1 amide bonds. The Morgan fingerprint density at radius 2 is 2.35 bits per heavy atom. The smallest absolute Gasteiger partial charge is 0.269 e. The van der Waals surface area contributed by atoms with Crippen LogP contribution in [0.25, 0.3) is 0 Å². The number of carbonyl (C=O) groups excluding carboxylic acids is 1. The topological polar surface area (TPSA) is 75.1 Å². The van der Waals surface area contributed by atoms with Crippen molar-refractivity contribution in [3.8, 4) is 11.8 Å². The third kappa shape index (κ3) is 3.63. The molecule has 0 aliphatic heterocycles. The van der Waals surface area contributed by atoms with Gasteiger partial charge in [0, 0.05) is 12.0 Å². The number of hydrogen-bond acceptors (Lipinski definition) is 5. The third-order valence-electron chi connectivity index (χ3n) is 2.47. The third-order valence-corrected chi connectivity index (χ3v) is 3.13. The lowest BCUT2D eigenvalue weighted by atomic mass is 10.1. The number of hydrogen-bond donors (Lipinski definition) is 2. The number of aliphatic hydroxyl groups excluding tert-OH is 1. The summed E-state index contributed by atoms with van der Waals surface area (Å²) >= 11 is 1.04. The zero-order chi connectivity index (χ0) is 14.4. The summed E-state index contributed by atoms with van der Waals surface area (Å²) < 4.78 is 3.66. The highest BCUT2D eigenvalue weighted by molar-refractivity contribution is 7.07. The number of nitrogens with one attached hydrogen (secondary N) is 1. The van der Waals surface area contributed by atoms with Crippen LogP contribution in [0.1, 0.15) is 27.2 Å². The molecule has 0 unspecified atom stereocenters. The lowest BCUT2D eigenvalue weighted by molar-refractivity contribution is 0.103. The molecule has 0 saturated carbocycles. The molecule has 0 radical (unpaired) electrons. The minimum Gasteiger partial charge on any atom is -0.395 e. The monoisotopic (exact) mass is 287 g/mol. The Balaban J connectivity index is 2.23. The molecule has 0 atom stereocenters. The molecule has 1 aromatic carbocycles. The van der Waals surface area contributed by atoms with Gasteiger partial charge >= 0.3 is 0 Å². The van der Waals surface area contributed by atoms with E-state index in [0.717, 1.165) is 22.7 Å². The molecule has 0 saturated heterocycles. The standard InChI is InChI=1S/C14H13N3O2S/c1-10-5-6-12(11(8-10)4-2-3-7-18)16-14(19)13-9-15-17-20-13/h5-6,8-9,18H,3,7H2,1H3,(H,16,19). The Labute approximate surface area is 120 Å². The molecule has 1 aromatic heterocycles. The number of carbonyl (C=O) groups is 1. The predicted octanol–water partition coefficient (Wildman–Crippen LogP) is 1.83. The Morgan fingerprint density at radius 1 is 1.50 bits per heavy atom. The first-order chi connectivity index (χ1) is 9.70. The number of aromatic nitrogens is 2. The fraction of sp³-hybridized carbons (Fsp3) is 0.214. The molecule has 0 aliphatic carbocycles. The molecule has 1 heterocycles. The minimum atomic E-state index is -0.255. The second-order valence-electron chi connectivity index (χ2n) is 4.06. The van der Waals surface area contributed by atoms with E-state index in [9.17, 15) is 4.79 Å². The highest BCUT2D eigenvalue weighted by Gasteiger charge is 2.10. The fourth-order valence-electron chi connectivity index (χ4n) is 1.54. The van der Waals surface area contributed by atoms with Crippen molar-refractivity contribution in [3.63, 3.8) is 0 Å². The Kier molecular flexibility index (Phi) is 4.82. The predicted molar refractivity (Wildman–Crippen MR) is 77.6 cm³/mol. The molecular formula is C14H13N3O2S. The summed E-state index contributed by atoms with van der Waals surface area (Å²) in [5.41, 5.74) is 2.42. The van der Waals surface area contributed by atoms with Crippen LogP contribution >= 0.6 is 11.5 Å². The number of nitrogens with zero attached hydrogens (tertiary/aromatic N) is 2. The summed E-state index contributed by atoms with van der Waals surface area (Å²) in [6.45, 7) is 1.98. The van der Waals surface area contributed by atoms with E-state index in [2.05, 4.69) is 26.7 Å². The van der Waals surface area contributed by atoms with Crippen molar-refractivity contribution in [1.29, 1.82) is 0 Å². The zero-order valence-electron chi connectivity index (χ0n) is 10.9. The molecule has 0 spiro atoms. The van der Waals surface area contributed by atoms with Crippen molar-refractivity contribution in [1.82, 2.24) is 9.59 Å². The van der Waals surface area contributed by atoms with Gasteiger partial charge in [-0.2, -0.15) is 0 Å². The Bertz CT molecular complexity index is 657. The summed E-state index contributed by atoms with van der Waals surface area (Å²) in [6, 6.07) is 5.60. The van der Waals surface area contributed by atoms with Crippen LogP contribution in [0.4, 0.5) is 5.69 Å². The van der Waals surface area contributed by atoms with Gasteiger partial charge < -0.3 is 10.4 Å². The number of benzene rings is 1. The summed E-state index contributed by atoms with van der Waals surface area (Å²) in [5.74, 6) is 5.55. The largest absolute Gasteiger partial charge is 0.395 e. The van der Waals surface area contributed by atoms with Crippen LogP contribution in [-0.2, 0) is 0 Å². The van der Waals surface area contributed by atoms with Crippen LogP contribution < -0.4 is 5.32 Å². The van der Waals surface area contributed by atoms with E-state index >= 15 is 0 Å². The molecule has 102 valence electrons. The van der Waals surface area contributed by atoms with Crippen molar-refractivity contribution < 1.29 is 9.90 Å². The van der Waals surface area contributed by atoms with Gasteiger partial charge in [0.05, 0.1) is 18.5 Å².